The normalized spacial score (nSPS) is 11.3. The maximum Gasteiger partial charge on any atom is 0.279 e. The van der Waals surface area contributed by atoms with Crippen LogP contribution in [0.2, 0.25) is 10.0 Å². The molecular weight excluding hydrogens is 405 g/mol. The Bertz CT molecular complexity index is 872. The van der Waals surface area contributed by atoms with E-state index in [2.05, 4.69) is 16.2 Å². The van der Waals surface area contributed by atoms with Crippen molar-refractivity contribution in [2.75, 3.05) is 5.32 Å². The van der Waals surface area contributed by atoms with Crippen LogP contribution in [-0.2, 0) is 9.59 Å². The van der Waals surface area contributed by atoms with E-state index in [1.807, 2.05) is 0 Å². The van der Waals surface area contributed by atoms with Crippen LogP contribution in [-0.4, -0.2) is 23.8 Å². The van der Waals surface area contributed by atoms with E-state index in [-0.39, 0.29) is 10.9 Å². The van der Waals surface area contributed by atoms with Gasteiger partial charge in [0.05, 0.1) is 5.02 Å². The van der Waals surface area contributed by atoms with Gasteiger partial charge in [-0.2, -0.15) is 0 Å². The Balaban J connectivity index is 1.87. The maximum absolute atomic E-state index is 12.1. The molecule has 2 rings (SSSR count). The van der Waals surface area contributed by atoms with E-state index in [0.717, 1.165) is 0 Å². The molecule has 0 heterocycles. The minimum absolute atomic E-state index is 0.126. The molecule has 2 aromatic rings. The zero-order chi connectivity index (χ0) is 20.7. The minimum Gasteiger partial charge on any atom is -0.479 e. The molecule has 28 heavy (non-hydrogen) atoms. The van der Waals surface area contributed by atoms with Gasteiger partial charge in [0.1, 0.15) is 5.75 Å². The molecule has 0 radical (unpaired) electrons. The summed E-state index contributed by atoms with van der Waals surface area (Å²) in [6.07, 6.45) is -0.555. The average Bonchev–Trinajstić information content (AvgIpc) is 2.68. The van der Waals surface area contributed by atoms with Gasteiger partial charge in [0, 0.05) is 22.7 Å². The number of hydrogen-bond donors (Lipinski definition) is 3. The van der Waals surface area contributed by atoms with Gasteiger partial charge in [-0.3, -0.25) is 25.2 Å². The molecule has 0 aliphatic carbocycles. The van der Waals surface area contributed by atoms with E-state index < -0.39 is 17.9 Å². The van der Waals surface area contributed by atoms with Crippen molar-refractivity contribution in [2.45, 2.75) is 26.4 Å². The summed E-state index contributed by atoms with van der Waals surface area (Å²) in [5.74, 6) is -0.909. The van der Waals surface area contributed by atoms with E-state index in [1.165, 1.54) is 25.1 Å². The number of anilines is 1. The third-order valence-electron chi connectivity index (χ3n) is 3.62. The van der Waals surface area contributed by atoms with Crippen LogP contribution in [0.4, 0.5) is 5.69 Å². The summed E-state index contributed by atoms with van der Waals surface area (Å²) >= 11 is 11.8. The largest absolute Gasteiger partial charge is 0.479 e. The van der Waals surface area contributed by atoms with Crippen LogP contribution in [0.5, 0.6) is 5.75 Å². The number of carbonyl (C=O) groups is 3. The number of ether oxygens (including phenoxy) is 1. The van der Waals surface area contributed by atoms with Gasteiger partial charge in [0.15, 0.2) is 6.10 Å². The summed E-state index contributed by atoms with van der Waals surface area (Å²) in [6, 6.07) is 10.9. The molecule has 0 fully saturated rings. The van der Waals surface area contributed by atoms with E-state index in [4.69, 9.17) is 27.9 Å². The number of amides is 3. The first-order chi connectivity index (χ1) is 13.3. The van der Waals surface area contributed by atoms with Gasteiger partial charge < -0.3 is 10.1 Å². The van der Waals surface area contributed by atoms with Crippen LogP contribution in [0.15, 0.2) is 42.5 Å². The van der Waals surface area contributed by atoms with E-state index >= 15 is 0 Å². The van der Waals surface area contributed by atoms with Gasteiger partial charge >= 0.3 is 0 Å². The second-order valence-electron chi connectivity index (χ2n) is 5.76. The van der Waals surface area contributed by atoms with Gasteiger partial charge in [-0.15, -0.1) is 0 Å². The number of halogens is 2. The van der Waals surface area contributed by atoms with Crippen molar-refractivity contribution in [3.8, 4) is 5.75 Å². The maximum atomic E-state index is 12.1. The van der Waals surface area contributed by atoms with Crippen LogP contribution >= 0.6 is 23.2 Å². The zero-order valence-electron chi connectivity index (χ0n) is 15.2. The van der Waals surface area contributed by atoms with Crippen LogP contribution in [0, 0.1) is 0 Å². The van der Waals surface area contributed by atoms with Gasteiger partial charge in [-0.25, -0.2) is 0 Å². The van der Waals surface area contributed by atoms with Crippen LogP contribution in [0.25, 0.3) is 0 Å². The van der Waals surface area contributed by atoms with E-state index in [1.54, 1.807) is 31.2 Å². The third-order valence-corrected chi connectivity index (χ3v) is 4.15. The highest BCUT2D eigenvalue weighted by molar-refractivity contribution is 6.35. The molecule has 0 saturated heterocycles. The summed E-state index contributed by atoms with van der Waals surface area (Å²) in [5.41, 5.74) is 5.47. The SMILES string of the molecule is CCC(=O)Nc1ccc(C(=O)NNC(=O)C(C)Oc2ccc(Cl)cc2Cl)cc1. The molecule has 3 amide bonds. The number of hydrazine groups is 1. The fourth-order valence-corrected chi connectivity index (χ4v) is 2.51. The molecule has 1 atom stereocenters. The number of rotatable bonds is 6. The fourth-order valence-electron chi connectivity index (χ4n) is 2.06. The molecule has 7 nitrogen and oxygen atoms in total. The molecule has 0 spiro atoms. The first-order valence-electron chi connectivity index (χ1n) is 8.42. The molecule has 2 aromatic carbocycles. The molecule has 1 unspecified atom stereocenters. The molecule has 9 heteroatoms. The topological polar surface area (TPSA) is 96.5 Å². The first-order valence-corrected chi connectivity index (χ1v) is 9.17. The Labute approximate surface area is 172 Å². The Hall–Kier alpha value is -2.77. The van der Waals surface area contributed by atoms with Crippen molar-refractivity contribution in [2.24, 2.45) is 0 Å². The fraction of sp³-hybridized carbons (Fsp3) is 0.211. The summed E-state index contributed by atoms with van der Waals surface area (Å²) < 4.78 is 5.47. The molecule has 0 bridgehead atoms. The van der Waals surface area contributed by atoms with E-state index in [9.17, 15) is 14.4 Å². The predicted octanol–water partition coefficient (Wildman–Crippen LogP) is 3.57. The van der Waals surface area contributed by atoms with Crippen LogP contribution in [0.1, 0.15) is 30.6 Å². The second-order valence-corrected chi connectivity index (χ2v) is 6.60. The quantitative estimate of drug-likeness (QED) is 0.618. The molecule has 0 saturated carbocycles. The summed E-state index contributed by atoms with van der Waals surface area (Å²) in [4.78, 5) is 35.6. The smallest absolute Gasteiger partial charge is 0.279 e. The Kier molecular flexibility index (Phi) is 7.66. The molecule has 0 aliphatic heterocycles. The highest BCUT2D eigenvalue weighted by Gasteiger charge is 2.17. The molecule has 0 aromatic heterocycles. The number of hydrogen-bond acceptors (Lipinski definition) is 4. The Morgan fingerprint density at radius 3 is 2.32 bits per heavy atom. The number of nitrogens with one attached hydrogen (secondary N) is 3. The van der Waals surface area contributed by atoms with Gasteiger partial charge in [-0.05, 0) is 49.4 Å². The monoisotopic (exact) mass is 423 g/mol. The Morgan fingerprint density at radius 2 is 1.71 bits per heavy atom. The first kappa shape index (κ1) is 21.5. The lowest BCUT2D eigenvalue weighted by atomic mass is 10.2. The summed E-state index contributed by atoms with van der Waals surface area (Å²) in [7, 11) is 0. The lowest BCUT2D eigenvalue weighted by molar-refractivity contribution is -0.128. The molecular formula is C19H19Cl2N3O4. The van der Waals surface area contributed by atoms with Crippen molar-refractivity contribution in [1.82, 2.24) is 10.9 Å². The van der Waals surface area contributed by atoms with Gasteiger partial charge in [0.25, 0.3) is 11.8 Å². The van der Waals surface area contributed by atoms with Crippen molar-refractivity contribution in [3.63, 3.8) is 0 Å². The summed E-state index contributed by atoms with van der Waals surface area (Å²) in [5, 5.41) is 3.39. The van der Waals surface area contributed by atoms with Crippen molar-refractivity contribution < 1.29 is 19.1 Å². The number of carbonyl (C=O) groups excluding carboxylic acids is 3. The molecule has 0 aliphatic rings. The third kappa shape index (κ3) is 6.14. The van der Waals surface area contributed by atoms with Crippen molar-refractivity contribution in [1.29, 1.82) is 0 Å². The molecule has 148 valence electrons. The highest BCUT2D eigenvalue weighted by Crippen LogP contribution is 2.28. The average molecular weight is 424 g/mol. The zero-order valence-corrected chi connectivity index (χ0v) is 16.7. The number of benzene rings is 2. The lowest BCUT2D eigenvalue weighted by Gasteiger charge is -2.16. The van der Waals surface area contributed by atoms with Gasteiger partial charge in [-0.1, -0.05) is 30.1 Å². The van der Waals surface area contributed by atoms with E-state index in [0.29, 0.717) is 28.4 Å². The lowest BCUT2D eigenvalue weighted by Crippen LogP contribution is -2.47. The predicted molar refractivity (Wildman–Crippen MR) is 108 cm³/mol. The Morgan fingerprint density at radius 1 is 1.04 bits per heavy atom. The second kappa shape index (κ2) is 9.96. The molecule has 3 N–H and O–H groups in total. The van der Waals surface area contributed by atoms with Crippen molar-refractivity contribution in [3.05, 3.63) is 58.1 Å². The summed E-state index contributed by atoms with van der Waals surface area (Å²) in [6.45, 7) is 3.25. The highest BCUT2D eigenvalue weighted by atomic mass is 35.5. The minimum atomic E-state index is -0.911. The van der Waals surface area contributed by atoms with Gasteiger partial charge in [0.2, 0.25) is 5.91 Å². The standard InChI is InChI=1S/C19H19Cl2N3O4/c1-3-17(25)22-14-7-4-12(5-8-14)19(27)24-23-18(26)11(2)28-16-9-6-13(20)10-15(16)21/h4-11H,3H2,1-2H3,(H,22,25)(H,23,26)(H,24,27). The van der Waals surface area contributed by atoms with Crippen LogP contribution < -0.4 is 20.9 Å². The van der Waals surface area contributed by atoms with Crippen molar-refractivity contribution >= 4 is 46.6 Å². The van der Waals surface area contributed by atoms with Crippen LogP contribution in [0.3, 0.4) is 0 Å².